The number of hydrogen-bond acceptors (Lipinski definition) is 2. The van der Waals surface area contributed by atoms with Gasteiger partial charge in [0.2, 0.25) is 0 Å². The maximum absolute atomic E-state index is 10.3. The van der Waals surface area contributed by atoms with Crippen LogP contribution in [0.15, 0.2) is 18.2 Å². The number of rotatable bonds is 1. The predicted octanol–water partition coefficient (Wildman–Crippen LogP) is 3.78. The Bertz CT molecular complexity index is 426. The quantitative estimate of drug-likeness (QED) is 0.800. The van der Waals surface area contributed by atoms with Gasteiger partial charge in [0.25, 0.3) is 0 Å². The zero-order valence-electron chi connectivity index (χ0n) is 10.7. The Morgan fingerprint density at radius 1 is 1.35 bits per heavy atom. The third kappa shape index (κ3) is 2.23. The van der Waals surface area contributed by atoms with Crippen LogP contribution in [-0.2, 0) is 0 Å². The summed E-state index contributed by atoms with van der Waals surface area (Å²) in [6.07, 6.45) is -0.521. The summed E-state index contributed by atoms with van der Waals surface area (Å²) in [6, 6.07) is 6.09. The smallest absolute Gasteiger partial charge is 0.126 e. The molecule has 1 aromatic rings. The van der Waals surface area contributed by atoms with Crippen LogP contribution in [0.1, 0.15) is 50.8 Å². The third-order valence-corrected chi connectivity index (χ3v) is 4.94. The van der Waals surface area contributed by atoms with Crippen LogP contribution in [0.25, 0.3) is 0 Å². The van der Waals surface area contributed by atoms with Gasteiger partial charge in [-0.15, -0.1) is 0 Å². The summed E-state index contributed by atoms with van der Waals surface area (Å²) < 4.78 is 5.93. The molecule has 1 aliphatic rings. The minimum absolute atomic E-state index is 0.0927. The number of alkyl halides is 1. The van der Waals surface area contributed by atoms with Crippen LogP contribution in [0.2, 0.25) is 0 Å². The van der Waals surface area contributed by atoms with Crippen LogP contribution in [0.3, 0.4) is 0 Å². The van der Waals surface area contributed by atoms with Crippen molar-refractivity contribution in [3.63, 3.8) is 0 Å². The van der Waals surface area contributed by atoms with Gasteiger partial charge in [-0.1, -0.05) is 35.8 Å². The van der Waals surface area contributed by atoms with Crippen LogP contribution in [-0.4, -0.2) is 15.5 Å². The molecule has 0 spiro atoms. The molecule has 0 aliphatic carbocycles. The van der Waals surface area contributed by atoms with Gasteiger partial charge < -0.3 is 9.84 Å². The van der Waals surface area contributed by atoms with Crippen molar-refractivity contribution in [3.05, 3.63) is 29.3 Å². The maximum Gasteiger partial charge on any atom is 0.126 e. The number of halogens is 1. The van der Waals surface area contributed by atoms with E-state index in [1.807, 2.05) is 26.0 Å². The van der Waals surface area contributed by atoms with Crippen molar-refractivity contribution >= 4 is 15.9 Å². The van der Waals surface area contributed by atoms with Crippen LogP contribution in [0.5, 0.6) is 5.75 Å². The van der Waals surface area contributed by atoms with Gasteiger partial charge in [-0.25, -0.2) is 0 Å². The summed E-state index contributed by atoms with van der Waals surface area (Å²) in [4.78, 5) is -0.0927. The van der Waals surface area contributed by atoms with Gasteiger partial charge in [0.1, 0.15) is 11.4 Å². The number of hydrogen-bond donors (Lipinski definition) is 1. The molecule has 3 heteroatoms. The summed E-state index contributed by atoms with van der Waals surface area (Å²) in [5.74, 6) is 1.25. The van der Waals surface area contributed by atoms with Gasteiger partial charge in [0, 0.05) is 5.56 Å². The van der Waals surface area contributed by atoms with Crippen molar-refractivity contribution in [2.45, 2.75) is 50.1 Å². The highest BCUT2D eigenvalue weighted by Gasteiger charge is 2.41. The molecule has 94 valence electrons. The summed E-state index contributed by atoms with van der Waals surface area (Å²) in [7, 11) is 0. The molecule has 1 aliphatic heterocycles. The summed E-state index contributed by atoms with van der Waals surface area (Å²) >= 11 is 3.53. The Hall–Kier alpha value is -0.540. The Labute approximate surface area is 111 Å². The van der Waals surface area contributed by atoms with Crippen molar-refractivity contribution in [1.82, 2.24) is 0 Å². The minimum Gasteiger partial charge on any atom is -0.486 e. The van der Waals surface area contributed by atoms with E-state index in [0.29, 0.717) is 5.92 Å². The van der Waals surface area contributed by atoms with E-state index in [0.717, 1.165) is 11.3 Å². The largest absolute Gasteiger partial charge is 0.486 e. The molecule has 0 saturated carbocycles. The fourth-order valence-corrected chi connectivity index (χ4v) is 2.51. The molecule has 0 radical (unpaired) electrons. The van der Waals surface area contributed by atoms with Crippen molar-refractivity contribution in [1.29, 1.82) is 0 Å². The molecule has 0 aromatic heterocycles. The molecule has 0 amide bonds. The van der Waals surface area contributed by atoms with Gasteiger partial charge in [-0.05, 0) is 37.5 Å². The average molecular weight is 299 g/mol. The minimum atomic E-state index is -0.521. The lowest BCUT2D eigenvalue weighted by Gasteiger charge is -2.40. The van der Waals surface area contributed by atoms with E-state index in [2.05, 4.69) is 35.8 Å². The number of ether oxygens (including phenoxy) is 1. The lowest BCUT2D eigenvalue weighted by Crippen LogP contribution is -2.45. The first-order chi connectivity index (χ1) is 7.83. The van der Waals surface area contributed by atoms with Crippen molar-refractivity contribution in [2.75, 3.05) is 0 Å². The fourth-order valence-electron chi connectivity index (χ4n) is 2.13. The number of fused-ring (bicyclic) bond motifs is 1. The van der Waals surface area contributed by atoms with Gasteiger partial charge in [-0.3, -0.25) is 0 Å². The second-order valence-corrected chi connectivity index (χ2v) is 6.49. The second-order valence-electron chi connectivity index (χ2n) is 5.50. The van der Waals surface area contributed by atoms with Crippen molar-refractivity contribution in [2.24, 2.45) is 0 Å². The van der Waals surface area contributed by atoms with E-state index in [1.165, 1.54) is 5.56 Å². The lowest BCUT2D eigenvalue weighted by atomic mass is 9.89. The standard InChI is InChI=1S/C14H19BrO2/c1-8(2)9-5-6-11-10(7-9)12(16)13(15)14(3,4)17-11/h5-8,12-13,16H,1-4H3. The van der Waals surface area contributed by atoms with Crippen LogP contribution < -0.4 is 4.74 Å². The normalized spacial score (nSPS) is 26.5. The fraction of sp³-hybridized carbons (Fsp3) is 0.571. The first kappa shape index (κ1) is 12.9. The molecule has 0 fully saturated rings. The van der Waals surface area contributed by atoms with Crippen LogP contribution >= 0.6 is 15.9 Å². The van der Waals surface area contributed by atoms with E-state index >= 15 is 0 Å². The van der Waals surface area contributed by atoms with Gasteiger partial charge in [0.05, 0.1) is 10.9 Å². The van der Waals surface area contributed by atoms with Crippen LogP contribution in [0.4, 0.5) is 0 Å². The zero-order valence-corrected chi connectivity index (χ0v) is 12.3. The number of aliphatic hydroxyl groups is 1. The average Bonchev–Trinajstić information content (AvgIpc) is 2.25. The van der Waals surface area contributed by atoms with E-state index in [1.54, 1.807) is 0 Å². The SMILES string of the molecule is CC(C)c1ccc2c(c1)C(O)C(Br)C(C)(C)O2. The number of benzene rings is 1. The van der Waals surface area contributed by atoms with E-state index in [9.17, 15) is 5.11 Å². The van der Waals surface area contributed by atoms with Gasteiger partial charge in [0.15, 0.2) is 0 Å². The molecule has 1 aromatic carbocycles. The van der Waals surface area contributed by atoms with Gasteiger partial charge in [-0.2, -0.15) is 0 Å². The van der Waals surface area contributed by atoms with Crippen molar-refractivity contribution < 1.29 is 9.84 Å². The molecule has 0 saturated heterocycles. The summed E-state index contributed by atoms with van der Waals surface area (Å²) in [5, 5.41) is 10.3. The van der Waals surface area contributed by atoms with Crippen molar-refractivity contribution in [3.8, 4) is 5.75 Å². The van der Waals surface area contributed by atoms with Gasteiger partial charge >= 0.3 is 0 Å². The first-order valence-corrected chi connectivity index (χ1v) is 6.89. The maximum atomic E-state index is 10.3. The highest BCUT2D eigenvalue weighted by Crippen LogP contribution is 2.43. The van der Waals surface area contributed by atoms with Crippen LogP contribution in [0, 0.1) is 0 Å². The summed E-state index contributed by atoms with van der Waals surface area (Å²) in [5.41, 5.74) is 1.72. The zero-order chi connectivity index (χ0) is 12.8. The molecule has 2 unspecified atom stereocenters. The predicted molar refractivity (Wildman–Crippen MR) is 72.9 cm³/mol. The third-order valence-electron chi connectivity index (χ3n) is 3.33. The monoisotopic (exact) mass is 298 g/mol. The Kier molecular flexibility index (Phi) is 3.25. The lowest BCUT2D eigenvalue weighted by molar-refractivity contribution is 0.0225. The first-order valence-electron chi connectivity index (χ1n) is 5.98. The van der Waals surface area contributed by atoms with E-state index < -0.39 is 11.7 Å². The molecule has 2 rings (SSSR count). The molecular weight excluding hydrogens is 280 g/mol. The Morgan fingerprint density at radius 3 is 2.59 bits per heavy atom. The highest BCUT2D eigenvalue weighted by molar-refractivity contribution is 9.09. The van der Waals surface area contributed by atoms with E-state index in [4.69, 9.17) is 4.74 Å². The molecule has 2 nitrogen and oxygen atoms in total. The molecule has 0 bridgehead atoms. The topological polar surface area (TPSA) is 29.5 Å². The Morgan fingerprint density at radius 2 is 2.00 bits per heavy atom. The Balaban J connectivity index is 2.47. The highest BCUT2D eigenvalue weighted by atomic mass is 79.9. The molecule has 1 N–H and O–H groups in total. The van der Waals surface area contributed by atoms with E-state index in [-0.39, 0.29) is 4.83 Å². The molecule has 1 heterocycles. The molecule has 17 heavy (non-hydrogen) atoms. The molecule has 2 atom stereocenters. The molecular formula is C14H19BrO2. The summed E-state index contributed by atoms with van der Waals surface area (Å²) in [6.45, 7) is 8.25. The second kappa shape index (κ2) is 4.29. The number of aliphatic hydroxyl groups excluding tert-OH is 1.